The zero-order valence-corrected chi connectivity index (χ0v) is 11.7. The van der Waals surface area contributed by atoms with E-state index in [4.69, 9.17) is 4.74 Å². The van der Waals surface area contributed by atoms with Gasteiger partial charge < -0.3 is 4.74 Å². The van der Waals surface area contributed by atoms with Crippen LogP contribution in [0.3, 0.4) is 0 Å². The maximum Gasteiger partial charge on any atom is 0.136 e. The van der Waals surface area contributed by atoms with Crippen molar-refractivity contribution in [2.45, 2.75) is 39.5 Å². The smallest absolute Gasteiger partial charge is 0.136 e. The molecule has 0 saturated heterocycles. The molecule has 0 spiro atoms. The van der Waals surface area contributed by atoms with Crippen molar-refractivity contribution in [1.29, 1.82) is 0 Å². The summed E-state index contributed by atoms with van der Waals surface area (Å²) >= 11 is 3.43. The van der Waals surface area contributed by atoms with E-state index in [1.165, 1.54) is 25.7 Å². The molecule has 1 unspecified atom stereocenters. The number of hydrogen-bond acceptors (Lipinski definition) is 2. The van der Waals surface area contributed by atoms with Crippen molar-refractivity contribution in [3.63, 3.8) is 0 Å². The van der Waals surface area contributed by atoms with E-state index in [-0.39, 0.29) is 0 Å². The number of halogens is 1. The van der Waals surface area contributed by atoms with E-state index in [1.807, 2.05) is 6.07 Å². The molecule has 1 atom stereocenters. The molecule has 0 saturated carbocycles. The Labute approximate surface area is 107 Å². The van der Waals surface area contributed by atoms with Gasteiger partial charge in [0, 0.05) is 12.4 Å². The number of hydrogen-bond donors (Lipinski definition) is 0. The van der Waals surface area contributed by atoms with Crippen LogP contribution in [0.15, 0.2) is 22.9 Å². The van der Waals surface area contributed by atoms with Gasteiger partial charge in [-0.3, -0.25) is 4.98 Å². The van der Waals surface area contributed by atoms with Crippen LogP contribution in [0.1, 0.15) is 39.5 Å². The molecule has 1 rings (SSSR count). The van der Waals surface area contributed by atoms with Gasteiger partial charge in [0.1, 0.15) is 5.75 Å². The summed E-state index contributed by atoms with van der Waals surface area (Å²) in [6.07, 6.45) is 8.52. The van der Waals surface area contributed by atoms with E-state index < -0.39 is 0 Å². The fraction of sp³-hybridized carbons (Fsp3) is 0.615. The van der Waals surface area contributed by atoms with Crippen molar-refractivity contribution in [2.75, 3.05) is 6.61 Å². The Bertz CT molecular complexity index is 304. The molecule has 0 fully saturated rings. The molecule has 90 valence electrons. The van der Waals surface area contributed by atoms with Gasteiger partial charge in [-0.25, -0.2) is 0 Å². The first-order chi connectivity index (χ1) is 7.77. The average molecular weight is 286 g/mol. The van der Waals surface area contributed by atoms with Gasteiger partial charge in [0.25, 0.3) is 0 Å². The number of ether oxygens (including phenoxy) is 1. The van der Waals surface area contributed by atoms with Crippen molar-refractivity contribution in [1.82, 2.24) is 4.98 Å². The lowest BCUT2D eigenvalue weighted by Gasteiger charge is -2.16. The first kappa shape index (κ1) is 13.5. The van der Waals surface area contributed by atoms with Crippen LogP contribution >= 0.6 is 15.9 Å². The van der Waals surface area contributed by atoms with Gasteiger partial charge in [-0.2, -0.15) is 0 Å². The van der Waals surface area contributed by atoms with Gasteiger partial charge in [-0.1, -0.05) is 33.1 Å². The molecular weight excluding hydrogens is 266 g/mol. The average Bonchev–Trinajstić information content (AvgIpc) is 2.31. The molecule has 1 aromatic rings. The van der Waals surface area contributed by atoms with Crippen LogP contribution in [0.4, 0.5) is 0 Å². The molecule has 0 amide bonds. The maximum absolute atomic E-state index is 5.80. The zero-order chi connectivity index (χ0) is 11.8. The lowest BCUT2D eigenvalue weighted by molar-refractivity contribution is 0.232. The molecule has 1 aromatic heterocycles. The Morgan fingerprint density at radius 1 is 1.44 bits per heavy atom. The standard InChI is InChI=1S/C13H20BrNO/c1-3-5-6-11(4-2)10-16-13-7-8-15-9-12(13)14/h7-9,11H,3-6,10H2,1-2H3. The SMILES string of the molecule is CCCCC(CC)COc1ccncc1Br. The normalized spacial score (nSPS) is 12.4. The minimum atomic E-state index is 0.667. The second-order valence-electron chi connectivity index (χ2n) is 4.03. The quantitative estimate of drug-likeness (QED) is 0.739. The molecule has 0 N–H and O–H groups in total. The summed E-state index contributed by atoms with van der Waals surface area (Å²) in [6.45, 7) is 5.26. The third-order valence-corrected chi connectivity index (χ3v) is 3.35. The Kier molecular flexibility index (Phi) is 6.46. The van der Waals surface area contributed by atoms with E-state index in [1.54, 1.807) is 12.4 Å². The largest absolute Gasteiger partial charge is 0.492 e. The van der Waals surface area contributed by atoms with Gasteiger partial charge in [0.15, 0.2) is 0 Å². The van der Waals surface area contributed by atoms with Gasteiger partial charge in [-0.15, -0.1) is 0 Å². The van der Waals surface area contributed by atoms with Gasteiger partial charge >= 0.3 is 0 Å². The Balaban J connectivity index is 2.40. The first-order valence-electron chi connectivity index (χ1n) is 6.00. The highest BCUT2D eigenvalue weighted by Gasteiger charge is 2.08. The fourth-order valence-corrected chi connectivity index (χ4v) is 1.95. The second kappa shape index (κ2) is 7.66. The highest BCUT2D eigenvalue weighted by atomic mass is 79.9. The predicted molar refractivity (Wildman–Crippen MR) is 70.7 cm³/mol. The van der Waals surface area contributed by atoms with Crippen LogP contribution in [-0.2, 0) is 0 Å². The lowest BCUT2D eigenvalue weighted by Crippen LogP contribution is -2.11. The Morgan fingerprint density at radius 3 is 2.88 bits per heavy atom. The molecule has 3 heteroatoms. The third-order valence-electron chi connectivity index (χ3n) is 2.75. The molecular formula is C13H20BrNO. The van der Waals surface area contributed by atoms with Gasteiger partial charge in [0.2, 0.25) is 0 Å². The van der Waals surface area contributed by atoms with Gasteiger partial charge in [0.05, 0.1) is 11.1 Å². The number of rotatable bonds is 7. The molecule has 16 heavy (non-hydrogen) atoms. The number of nitrogens with zero attached hydrogens (tertiary/aromatic N) is 1. The molecule has 0 aliphatic carbocycles. The topological polar surface area (TPSA) is 22.1 Å². The summed E-state index contributed by atoms with van der Waals surface area (Å²) in [5, 5.41) is 0. The van der Waals surface area contributed by atoms with Crippen molar-refractivity contribution in [3.8, 4) is 5.75 Å². The first-order valence-corrected chi connectivity index (χ1v) is 6.79. The second-order valence-corrected chi connectivity index (χ2v) is 4.89. The predicted octanol–water partition coefficient (Wildman–Crippen LogP) is 4.44. The molecule has 0 aromatic carbocycles. The van der Waals surface area contributed by atoms with Crippen LogP contribution < -0.4 is 4.74 Å². The van der Waals surface area contributed by atoms with Crippen molar-refractivity contribution in [3.05, 3.63) is 22.9 Å². The molecule has 0 radical (unpaired) electrons. The summed E-state index contributed by atoms with van der Waals surface area (Å²) in [5.74, 6) is 1.56. The van der Waals surface area contributed by atoms with E-state index in [2.05, 4.69) is 34.8 Å². The molecule has 0 aliphatic rings. The van der Waals surface area contributed by atoms with Crippen LogP contribution in [0, 0.1) is 5.92 Å². The Morgan fingerprint density at radius 2 is 2.25 bits per heavy atom. The van der Waals surface area contributed by atoms with E-state index in [9.17, 15) is 0 Å². The number of unbranched alkanes of at least 4 members (excludes halogenated alkanes) is 1. The van der Waals surface area contributed by atoms with Crippen LogP contribution in [0.2, 0.25) is 0 Å². The van der Waals surface area contributed by atoms with Crippen molar-refractivity contribution < 1.29 is 4.74 Å². The molecule has 0 aliphatic heterocycles. The molecule has 0 bridgehead atoms. The van der Waals surface area contributed by atoms with E-state index in [0.29, 0.717) is 5.92 Å². The minimum Gasteiger partial charge on any atom is -0.492 e. The lowest BCUT2D eigenvalue weighted by atomic mass is 10.0. The monoisotopic (exact) mass is 285 g/mol. The highest BCUT2D eigenvalue weighted by molar-refractivity contribution is 9.10. The highest BCUT2D eigenvalue weighted by Crippen LogP contribution is 2.24. The minimum absolute atomic E-state index is 0.667. The summed E-state index contributed by atoms with van der Waals surface area (Å²) < 4.78 is 6.73. The van der Waals surface area contributed by atoms with Crippen LogP contribution in [0.25, 0.3) is 0 Å². The molecule has 2 nitrogen and oxygen atoms in total. The summed E-state index contributed by atoms with van der Waals surface area (Å²) in [6, 6.07) is 1.90. The number of aromatic nitrogens is 1. The maximum atomic E-state index is 5.80. The van der Waals surface area contributed by atoms with Crippen LogP contribution in [0.5, 0.6) is 5.75 Å². The summed E-state index contributed by atoms with van der Waals surface area (Å²) in [4.78, 5) is 4.01. The van der Waals surface area contributed by atoms with Crippen LogP contribution in [-0.4, -0.2) is 11.6 Å². The van der Waals surface area contributed by atoms with Crippen molar-refractivity contribution in [2.24, 2.45) is 5.92 Å². The van der Waals surface area contributed by atoms with E-state index in [0.717, 1.165) is 16.8 Å². The number of pyridine rings is 1. The van der Waals surface area contributed by atoms with E-state index >= 15 is 0 Å². The fourth-order valence-electron chi connectivity index (χ4n) is 1.59. The summed E-state index contributed by atoms with van der Waals surface area (Å²) in [7, 11) is 0. The molecule has 1 heterocycles. The summed E-state index contributed by atoms with van der Waals surface area (Å²) in [5.41, 5.74) is 0. The zero-order valence-electron chi connectivity index (χ0n) is 10.1. The Hall–Kier alpha value is -0.570. The van der Waals surface area contributed by atoms with Crippen molar-refractivity contribution >= 4 is 15.9 Å². The van der Waals surface area contributed by atoms with Gasteiger partial charge in [-0.05, 0) is 34.3 Å². The third kappa shape index (κ3) is 4.52.